The monoisotopic (exact) mass is 215 g/mol. The zero-order chi connectivity index (χ0) is 11.5. The number of hydrogen-bond donors (Lipinski definition) is 0. The molecule has 2 heteroatoms. The standard InChI is InChI=1S/C14H17NO/c1-3-4-9-15-11(2)10-14(16)12-7-5-6-8-13(12)15/h5-8,10H,3-4,9H2,1-2H3. The molecule has 0 fully saturated rings. The highest BCUT2D eigenvalue weighted by Gasteiger charge is 2.04. The summed E-state index contributed by atoms with van der Waals surface area (Å²) in [6.07, 6.45) is 2.31. The smallest absolute Gasteiger partial charge is 0.189 e. The Morgan fingerprint density at radius 3 is 2.75 bits per heavy atom. The SMILES string of the molecule is CCCCn1c(C)cc(=O)c2ccccc21. The second-order valence-corrected chi connectivity index (χ2v) is 4.17. The Kier molecular flexibility index (Phi) is 3.09. The molecule has 2 rings (SSSR count). The van der Waals surface area contributed by atoms with Gasteiger partial charge in [0.2, 0.25) is 0 Å². The van der Waals surface area contributed by atoms with Crippen molar-refractivity contribution in [3.63, 3.8) is 0 Å². The number of fused-ring (bicyclic) bond motifs is 1. The second-order valence-electron chi connectivity index (χ2n) is 4.17. The van der Waals surface area contributed by atoms with E-state index in [1.54, 1.807) is 6.07 Å². The first-order chi connectivity index (χ1) is 7.74. The van der Waals surface area contributed by atoms with E-state index in [9.17, 15) is 4.79 Å². The maximum absolute atomic E-state index is 11.8. The molecule has 0 aliphatic carbocycles. The second kappa shape index (κ2) is 4.52. The number of rotatable bonds is 3. The van der Waals surface area contributed by atoms with Gasteiger partial charge in [0, 0.05) is 23.7 Å². The molecular weight excluding hydrogens is 198 g/mol. The third kappa shape index (κ3) is 1.87. The van der Waals surface area contributed by atoms with Gasteiger partial charge in [-0.3, -0.25) is 4.79 Å². The highest BCUT2D eigenvalue weighted by Crippen LogP contribution is 2.13. The van der Waals surface area contributed by atoms with Crippen molar-refractivity contribution in [1.82, 2.24) is 4.57 Å². The number of hydrogen-bond acceptors (Lipinski definition) is 1. The molecule has 0 N–H and O–H groups in total. The minimum Gasteiger partial charge on any atom is -0.345 e. The van der Waals surface area contributed by atoms with E-state index in [-0.39, 0.29) is 5.43 Å². The molecule has 1 aromatic carbocycles. The topological polar surface area (TPSA) is 22.0 Å². The zero-order valence-electron chi connectivity index (χ0n) is 9.86. The number of para-hydroxylation sites is 1. The molecule has 1 aromatic heterocycles. The van der Waals surface area contributed by atoms with Gasteiger partial charge in [-0.1, -0.05) is 25.5 Å². The van der Waals surface area contributed by atoms with Crippen LogP contribution in [-0.4, -0.2) is 4.57 Å². The summed E-state index contributed by atoms with van der Waals surface area (Å²) in [5.41, 5.74) is 2.24. The van der Waals surface area contributed by atoms with Gasteiger partial charge in [0.25, 0.3) is 0 Å². The van der Waals surface area contributed by atoms with E-state index in [0.29, 0.717) is 0 Å². The lowest BCUT2D eigenvalue weighted by Crippen LogP contribution is -2.12. The van der Waals surface area contributed by atoms with E-state index in [1.807, 2.05) is 31.2 Å². The summed E-state index contributed by atoms with van der Waals surface area (Å²) in [6.45, 7) is 5.17. The summed E-state index contributed by atoms with van der Waals surface area (Å²) in [5.74, 6) is 0. The first-order valence-corrected chi connectivity index (χ1v) is 5.83. The van der Waals surface area contributed by atoms with Crippen molar-refractivity contribution < 1.29 is 0 Å². The molecule has 0 unspecified atom stereocenters. The first-order valence-electron chi connectivity index (χ1n) is 5.83. The van der Waals surface area contributed by atoms with Crippen LogP contribution in [0.1, 0.15) is 25.5 Å². The Hall–Kier alpha value is -1.57. The number of benzene rings is 1. The van der Waals surface area contributed by atoms with E-state index >= 15 is 0 Å². The van der Waals surface area contributed by atoms with Crippen LogP contribution in [0.2, 0.25) is 0 Å². The molecule has 84 valence electrons. The van der Waals surface area contributed by atoms with E-state index in [4.69, 9.17) is 0 Å². The van der Waals surface area contributed by atoms with Crippen LogP contribution in [0.15, 0.2) is 35.1 Å². The van der Waals surface area contributed by atoms with E-state index in [1.165, 1.54) is 6.42 Å². The fraction of sp³-hybridized carbons (Fsp3) is 0.357. The molecule has 0 atom stereocenters. The van der Waals surface area contributed by atoms with Crippen LogP contribution in [0.5, 0.6) is 0 Å². The summed E-state index contributed by atoms with van der Waals surface area (Å²) >= 11 is 0. The van der Waals surface area contributed by atoms with Gasteiger partial charge in [0.05, 0.1) is 5.52 Å². The molecule has 1 heterocycles. The Morgan fingerprint density at radius 1 is 1.25 bits per heavy atom. The molecule has 16 heavy (non-hydrogen) atoms. The molecular formula is C14H17NO. The molecule has 2 aromatic rings. The lowest BCUT2D eigenvalue weighted by atomic mass is 10.1. The molecule has 0 saturated carbocycles. The Balaban J connectivity index is 2.66. The van der Waals surface area contributed by atoms with Crippen LogP contribution < -0.4 is 5.43 Å². The normalized spacial score (nSPS) is 10.9. The van der Waals surface area contributed by atoms with Crippen molar-refractivity contribution in [2.24, 2.45) is 0 Å². The maximum Gasteiger partial charge on any atom is 0.189 e. The minimum atomic E-state index is 0.126. The summed E-state index contributed by atoms with van der Waals surface area (Å²) in [7, 11) is 0. The van der Waals surface area contributed by atoms with Crippen LogP contribution in [0.25, 0.3) is 10.9 Å². The van der Waals surface area contributed by atoms with Gasteiger partial charge in [-0.15, -0.1) is 0 Å². The molecule has 0 amide bonds. The fourth-order valence-electron chi connectivity index (χ4n) is 2.07. The molecule has 2 nitrogen and oxygen atoms in total. The number of aryl methyl sites for hydroxylation is 2. The van der Waals surface area contributed by atoms with Gasteiger partial charge < -0.3 is 4.57 Å². The van der Waals surface area contributed by atoms with E-state index < -0.39 is 0 Å². The molecule has 0 saturated heterocycles. The first kappa shape index (κ1) is 10.9. The number of unbranched alkanes of at least 4 members (excludes halogenated alkanes) is 1. The third-order valence-electron chi connectivity index (χ3n) is 2.96. The summed E-state index contributed by atoms with van der Waals surface area (Å²) < 4.78 is 2.24. The summed E-state index contributed by atoms with van der Waals surface area (Å²) in [5, 5.41) is 0.823. The predicted octanol–water partition coefficient (Wildman–Crippen LogP) is 3.11. The maximum atomic E-state index is 11.8. The van der Waals surface area contributed by atoms with Crippen molar-refractivity contribution >= 4 is 10.9 Å². The van der Waals surface area contributed by atoms with Gasteiger partial charge in [-0.05, 0) is 25.5 Å². The molecule has 0 radical (unpaired) electrons. The Bertz CT molecular complexity index is 554. The van der Waals surface area contributed by atoms with Crippen LogP contribution in [-0.2, 0) is 6.54 Å². The van der Waals surface area contributed by atoms with Gasteiger partial charge in [-0.25, -0.2) is 0 Å². The minimum absolute atomic E-state index is 0.126. The molecule has 0 aliphatic heterocycles. The van der Waals surface area contributed by atoms with Gasteiger partial charge in [-0.2, -0.15) is 0 Å². The van der Waals surface area contributed by atoms with Crippen molar-refractivity contribution in [2.45, 2.75) is 33.2 Å². The van der Waals surface area contributed by atoms with Gasteiger partial charge >= 0.3 is 0 Å². The number of aromatic nitrogens is 1. The molecule has 0 bridgehead atoms. The van der Waals surface area contributed by atoms with E-state index in [0.717, 1.165) is 29.6 Å². The van der Waals surface area contributed by atoms with Crippen molar-refractivity contribution in [1.29, 1.82) is 0 Å². The van der Waals surface area contributed by atoms with Crippen molar-refractivity contribution in [3.05, 3.63) is 46.2 Å². The predicted molar refractivity (Wildman–Crippen MR) is 67.9 cm³/mol. The van der Waals surface area contributed by atoms with Crippen LogP contribution >= 0.6 is 0 Å². The Labute approximate surface area is 95.5 Å². The fourth-order valence-corrected chi connectivity index (χ4v) is 2.07. The Morgan fingerprint density at radius 2 is 2.00 bits per heavy atom. The van der Waals surface area contributed by atoms with Gasteiger partial charge in [0.15, 0.2) is 5.43 Å². The largest absolute Gasteiger partial charge is 0.345 e. The average molecular weight is 215 g/mol. The third-order valence-corrected chi connectivity index (χ3v) is 2.96. The molecule has 0 spiro atoms. The lowest BCUT2D eigenvalue weighted by molar-refractivity contribution is 0.632. The average Bonchev–Trinajstić information content (AvgIpc) is 2.29. The quantitative estimate of drug-likeness (QED) is 0.771. The van der Waals surface area contributed by atoms with E-state index in [2.05, 4.69) is 11.5 Å². The lowest BCUT2D eigenvalue weighted by Gasteiger charge is -2.13. The van der Waals surface area contributed by atoms with Crippen LogP contribution in [0, 0.1) is 6.92 Å². The number of pyridine rings is 1. The highest BCUT2D eigenvalue weighted by atomic mass is 16.1. The summed E-state index contributed by atoms with van der Waals surface area (Å²) in [4.78, 5) is 11.8. The van der Waals surface area contributed by atoms with Crippen LogP contribution in [0.3, 0.4) is 0 Å². The molecule has 0 aliphatic rings. The number of nitrogens with zero attached hydrogens (tertiary/aromatic N) is 1. The summed E-state index contributed by atoms with van der Waals surface area (Å²) in [6, 6.07) is 9.57. The van der Waals surface area contributed by atoms with Crippen LogP contribution in [0.4, 0.5) is 0 Å². The van der Waals surface area contributed by atoms with Gasteiger partial charge in [0.1, 0.15) is 0 Å². The van der Waals surface area contributed by atoms with Crippen molar-refractivity contribution in [2.75, 3.05) is 0 Å². The highest BCUT2D eigenvalue weighted by molar-refractivity contribution is 5.79. The zero-order valence-corrected chi connectivity index (χ0v) is 9.86. The van der Waals surface area contributed by atoms with Crippen molar-refractivity contribution in [3.8, 4) is 0 Å².